The highest BCUT2D eigenvalue weighted by atomic mass is 16.2. The van der Waals surface area contributed by atoms with Crippen LogP contribution in [0.3, 0.4) is 0 Å². The maximum atomic E-state index is 12.3. The van der Waals surface area contributed by atoms with Crippen molar-refractivity contribution in [3.05, 3.63) is 65.0 Å². The molecule has 1 aromatic carbocycles. The summed E-state index contributed by atoms with van der Waals surface area (Å²) in [4.78, 5) is 18.4. The molecule has 0 fully saturated rings. The van der Waals surface area contributed by atoms with Crippen LogP contribution < -0.4 is 5.73 Å². The van der Waals surface area contributed by atoms with E-state index in [1.165, 1.54) is 0 Å². The zero-order valence-electron chi connectivity index (χ0n) is 11.8. The number of nitrogens with two attached hydrogens (primary N) is 1. The van der Waals surface area contributed by atoms with Gasteiger partial charge in [-0.3, -0.25) is 9.78 Å². The molecule has 0 aliphatic rings. The number of pyridine rings is 1. The zero-order chi connectivity index (χ0) is 14.5. The number of rotatable bonds is 4. The number of hydrogen-bond acceptors (Lipinski definition) is 3. The molecule has 104 valence electrons. The van der Waals surface area contributed by atoms with Crippen molar-refractivity contribution < 1.29 is 4.79 Å². The minimum absolute atomic E-state index is 0.0168. The van der Waals surface area contributed by atoms with E-state index >= 15 is 0 Å². The van der Waals surface area contributed by atoms with Crippen LogP contribution in [-0.4, -0.2) is 22.8 Å². The smallest absolute Gasteiger partial charge is 0.253 e. The van der Waals surface area contributed by atoms with Gasteiger partial charge in [0, 0.05) is 24.8 Å². The Bertz CT molecular complexity index is 593. The van der Waals surface area contributed by atoms with Crippen molar-refractivity contribution >= 4 is 5.91 Å². The van der Waals surface area contributed by atoms with Crippen LogP contribution in [0.2, 0.25) is 0 Å². The summed E-state index contributed by atoms with van der Waals surface area (Å²) in [7, 11) is 1.78. The van der Waals surface area contributed by atoms with Gasteiger partial charge in [-0.05, 0) is 36.8 Å². The molecule has 0 unspecified atom stereocenters. The molecule has 0 aliphatic heterocycles. The van der Waals surface area contributed by atoms with E-state index in [1.807, 2.05) is 49.4 Å². The summed E-state index contributed by atoms with van der Waals surface area (Å²) >= 11 is 0. The number of aromatic nitrogens is 1. The van der Waals surface area contributed by atoms with E-state index < -0.39 is 0 Å². The van der Waals surface area contributed by atoms with E-state index in [0.29, 0.717) is 18.7 Å². The van der Waals surface area contributed by atoms with Crippen molar-refractivity contribution in [3.63, 3.8) is 0 Å². The van der Waals surface area contributed by atoms with Gasteiger partial charge < -0.3 is 10.6 Å². The lowest BCUT2D eigenvalue weighted by molar-refractivity contribution is 0.0783. The molecule has 0 saturated carbocycles. The van der Waals surface area contributed by atoms with Gasteiger partial charge in [0.15, 0.2) is 0 Å². The number of hydrogen-bond donors (Lipinski definition) is 1. The third-order valence-electron chi connectivity index (χ3n) is 3.13. The maximum absolute atomic E-state index is 12.3. The zero-order valence-corrected chi connectivity index (χ0v) is 11.8. The summed E-state index contributed by atoms with van der Waals surface area (Å²) < 4.78 is 0. The van der Waals surface area contributed by atoms with Gasteiger partial charge in [-0.15, -0.1) is 0 Å². The van der Waals surface area contributed by atoms with Gasteiger partial charge in [0.05, 0.1) is 12.2 Å². The molecule has 4 nitrogen and oxygen atoms in total. The van der Waals surface area contributed by atoms with Gasteiger partial charge in [0.25, 0.3) is 5.91 Å². The summed E-state index contributed by atoms with van der Waals surface area (Å²) in [5.41, 5.74) is 9.07. The average molecular weight is 269 g/mol. The van der Waals surface area contributed by atoms with Crippen molar-refractivity contribution in [1.82, 2.24) is 9.88 Å². The van der Waals surface area contributed by atoms with Gasteiger partial charge in [-0.25, -0.2) is 0 Å². The van der Waals surface area contributed by atoms with Gasteiger partial charge in [0.2, 0.25) is 0 Å². The van der Waals surface area contributed by atoms with Crippen molar-refractivity contribution in [3.8, 4) is 0 Å². The Balaban J connectivity index is 2.07. The Hall–Kier alpha value is -2.20. The summed E-state index contributed by atoms with van der Waals surface area (Å²) in [6, 6.07) is 13.2. The molecule has 1 heterocycles. The fourth-order valence-electron chi connectivity index (χ4n) is 2.01. The normalized spacial score (nSPS) is 10.3. The Morgan fingerprint density at radius 2 is 1.90 bits per heavy atom. The third kappa shape index (κ3) is 3.42. The predicted octanol–water partition coefficient (Wildman–Crippen LogP) is 2.12. The first-order chi connectivity index (χ1) is 9.60. The van der Waals surface area contributed by atoms with E-state index in [9.17, 15) is 4.79 Å². The first-order valence-electron chi connectivity index (χ1n) is 6.57. The second-order valence-corrected chi connectivity index (χ2v) is 4.83. The van der Waals surface area contributed by atoms with Gasteiger partial charge >= 0.3 is 0 Å². The lowest BCUT2D eigenvalue weighted by Crippen LogP contribution is -2.26. The van der Waals surface area contributed by atoms with E-state index in [0.717, 1.165) is 17.0 Å². The Morgan fingerprint density at radius 1 is 1.20 bits per heavy atom. The van der Waals surface area contributed by atoms with Crippen LogP contribution in [0.25, 0.3) is 0 Å². The van der Waals surface area contributed by atoms with Crippen LogP contribution in [0.4, 0.5) is 0 Å². The molecular weight excluding hydrogens is 250 g/mol. The van der Waals surface area contributed by atoms with Crippen LogP contribution in [0.5, 0.6) is 0 Å². The van der Waals surface area contributed by atoms with Gasteiger partial charge in [0.1, 0.15) is 0 Å². The van der Waals surface area contributed by atoms with E-state index in [1.54, 1.807) is 11.9 Å². The summed E-state index contributed by atoms with van der Waals surface area (Å²) in [5, 5.41) is 0. The van der Waals surface area contributed by atoms with Crippen LogP contribution in [0.1, 0.15) is 27.3 Å². The first kappa shape index (κ1) is 14.2. The molecule has 4 heteroatoms. The molecule has 1 amide bonds. The summed E-state index contributed by atoms with van der Waals surface area (Å²) in [6.45, 7) is 2.92. The van der Waals surface area contributed by atoms with Crippen molar-refractivity contribution in [2.75, 3.05) is 7.05 Å². The summed E-state index contributed by atoms with van der Waals surface area (Å²) in [5.74, 6) is -0.0168. The quantitative estimate of drug-likeness (QED) is 0.925. The average Bonchev–Trinajstić information content (AvgIpc) is 2.46. The number of benzene rings is 1. The highest BCUT2D eigenvalue weighted by Gasteiger charge is 2.12. The highest BCUT2D eigenvalue weighted by Crippen LogP contribution is 2.09. The number of nitrogens with zero attached hydrogens (tertiary/aromatic N) is 2. The first-order valence-corrected chi connectivity index (χ1v) is 6.57. The molecule has 0 atom stereocenters. The van der Waals surface area contributed by atoms with Gasteiger partial charge in [-0.1, -0.05) is 18.2 Å². The molecule has 0 saturated heterocycles. The highest BCUT2D eigenvalue weighted by molar-refractivity contribution is 5.94. The van der Waals surface area contributed by atoms with Crippen molar-refractivity contribution in [2.24, 2.45) is 5.73 Å². The number of carbonyl (C=O) groups excluding carboxylic acids is 1. The Morgan fingerprint density at radius 3 is 2.50 bits per heavy atom. The Kier molecular flexibility index (Phi) is 4.48. The molecule has 2 rings (SSSR count). The minimum atomic E-state index is -0.0168. The third-order valence-corrected chi connectivity index (χ3v) is 3.13. The number of amides is 1. The van der Waals surface area contributed by atoms with E-state index in [4.69, 9.17) is 5.73 Å². The second-order valence-electron chi connectivity index (χ2n) is 4.83. The Labute approximate surface area is 119 Å². The molecule has 0 bridgehead atoms. The lowest BCUT2D eigenvalue weighted by Gasteiger charge is -2.17. The molecule has 0 spiro atoms. The van der Waals surface area contributed by atoms with E-state index in [2.05, 4.69) is 4.98 Å². The molecule has 20 heavy (non-hydrogen) atoms. The molecule has 2 aromatic rings. The van der Waals surface area contributed by atoms with Crippen molar-refractivity contribution in [1.29, 1.82) is 0 Å². The van der Waals surface area contributed by atoms with Crippen LogP contribution in [0, 0.1) is 6.92 Å². The number of aryl methyl sites for hydroxylation is 1. The fraction of sp³-hybridized carbons (Fsp3) is 0.250. The van der Waals surface area contributed by atoms with Crippen molar-refractivity contribution in [2.45, 2.75) is 20.0 Å². The topological polar surface area (TPSA) is 59.2 Å². The van der Waals surface area contributed by atoms with Crippen LogP contribution >= 0.6 is 0 Å². The largest absolute Gasteiger partial charge is 0.336 e. The standard InChI is InChI=1S/C16H19N3O/c1-12-4-3-5-15(18-12)11-19(2)16(20)14-8-6-13(10-17)7-9-14/h3-9H,10-11,17H2,1-2H3. The minimum Gasteiger partial charge on any atom is -0.336 e. The van der Waals surface area contributed by atoms with E-state index in [-0.39, 0.29) is 5.91 Å². The second kappa shape index (κ2) is 6.30. The lowest BCUT2D eigenvalue weighted by atomic mass is 10.1. The van der Waals surface area contributed by atoms with Gasteiger partial charge in [-0.2, -0.15) is 0 Å². The number of carbonyl (C=O) groups is 1. The SMILES string of the molecule is Cc1cccc(CN(C)C(=O)c2ccc(CN)cc2)n1. The molecule has 2 N–H and O–H groups in total. The molecular formula is C16H19N3O. The summed E-state index contributed by atoms with van der Waals surface area (Å²) in [6.07, 6.45) is 0. The van der Waals surface area contributed by atoms with Crippen LogP contribution in [-0.2, 0) is 13.1 Å². The molecule has 0 aliphatic carbocycles. The molecule has 1 aromatic heterocycles. The van der Waals surface area contributed by atoms with Crippen LogP contribution in [0.15, 0.2) is 42.5 Å². The predicted molar refractivity (Wildman–Crippen MR) is 79.1 cm³/mol. The molecule has 0 radical (unpaired) electrons. The monoisotopic (exact) mass is 269 g/mol. The fourth-order valence-corrected chi connectivity index (χ4v) is 2.01. The maximum Gasteiger partial charge on any atom is 0.253 e.